The first-order valence-electron chi connectivity index (χ1n) is 22.5. The molecule has 3 aliphatic heterocycles. The van der Waals surface area contributed by atoms with Crippen LogP contribution in [-0.4, -0.2) is 113 Å². The Morgan fingerprint density at radius 3 is 2.58 bits per heavy atom. The van der Waals surface area contributed by atoms with Gasteiger partial charge in [0, 0.05) is 80.8 Å². The smallest absolute Gasteiger partial charge is 0.338 e. The number of nitrogens with zero attached hydrogens (tertiary/aromatic N) is 5. The summed E-state index contributed by atoms with van der Waals surface area (Å²) in [7, 11) is 3.30. The van der Waals surface area contributed by atoms with Gasteiger partial charge in [0.25, 0.3) is 5.91 Å². The molecule has 14 nitrogen and oxygen atoms in total. The summed E-state index contributed by atoms with van der Waals surface area (Å²) in [6, 6.07) is 16.5. The zero-order valence-electron chi connectivity index (χ0n) is 38.0. The second-order valence-corrected chi connectivity index (χ2v) is 18.7. The van der Waals surface area contributed by atoms with Crippen molar-refractivity contribution in [2.24, 2.45) is 17.3 Å². The van der Waals surface area contributed by atoms with Crippen molar-refractivity contribution in [2.75, 3.05) is 40.4 Å². The molecule has 2 aromatic carbocycles. The van der Waals surface area contributed by atoms with Crippen LogP contribution in [0.1, 0.15) is 82.7 Å². The van der Waals surface area contributed by atoms with Gasteiger partial charge in [-0.1, -0.05) is 64.6 Å². The Hall–Kier alpha value is -5.86. The molecule has 338 valence electrons. The lowest BCUT2D eigenvalue weighted by molar-refractivity contribution is -0.231. The second kappa shape index (κ2) is 18.0. The van der Waals surface area contributed by atoms with Gasteiger partial charge in [0.2, 0.25) is 17.7 Å². The molecule has 8 rings (SSSR count). The van der Waals surface area contributed by atoms with Crippen LogP contribution >= 0.6 is 0 Å². The second-order valence-electron chi connectivity index (χ2n) is 18.7. The zero-order chi connectivity index (χ0) is 45.6. The minimum absolute atomic E-state index is 0.0390. The number of nitrogens with one attached hydrogen (secondary N) is 1. The van der Waals surface area contributed by atoms with Gasteiger partial charge in [-0.05, 0) is 84.7 Å². The average molecular weight is 873 g/mol. The van der Waals surface area contributed by atoms with Crippen LogP contribution in [0.3, 0.4) is 0 Å². The number of likely N-dealkylation sites (tertiary alicyclic amines) is 1. The van der Waals surface area contributed by atoms with Crippen LogP contribution in [-0.2, 0) is 51.2 Å². The largest absolute Gasteiger partial charge is 0.463 e. The van der Waals surface area contributed by atoms with E-state index in [0.717, 1.165) is 50.1 Å². The van der Waals surface area contributed by atoms with E-state index in [4.69, 9.17) is 19.3 Å². The molecule has 2 fully saturated rings. The minimum atomic E-state index is -1.11. The van der Waals surface area contributed by atoms with Crippen molar-refractivity contribution in [3.05, 3.63) is 90.3 Å². The molecular formula is C50H60N6O8. The third-order valence-corrected chi connectivity index (χ3v) is 13.7. The maximum absolute atomic E-state index is 14.7. The lowest BCUT2D eigenvalue weighted by Crippen LogP contribution is -2.58. The molecule has 0 spiro atoms. The molecule has 0 saturated carbocycles. The summed E-state index contributed by atoms with van der Waals surface area (Å²) < 4.78 is 14.8. The number of amides is 4. The van der Waals surface area contributed by atoms with Crippen LogP contribution in [0.5, 0.6) is 0 Å². The predicted octanol–water partition coefficient (Wildman–Crippen LogP) is 6.23. The van der Waals surface area contributed by atoms with Gasteiger partial charge < -0.3 is 29.2 Å². The molecule has 5 heterocycles. The molecule has 4 amide bonds. The molecule has 6 bridgehead atoms. The van der Waals surface area contributed by atoms with Crippen molar-refractivity contribution in [3.8, 4) is 22.4 Å². The topological polar surface area (TPSA) is 153 Å². The Morgan fingerprint density at radius 1 is 1.06 bits per heavy atom. The van der Waals surface area contributed by atoms with E-state index in [-0.39, 0.29) is 49.8 Å². The lowest BCUT2D eigenvalue weighted by atomic mass is 9.67. The molecule has 4 aromatic rings. The van der Waals surface area contributed by atoms with Crippen LogP contribution in [0.15, 0.2) is 73.4 Å². The molecule has 14 heteroatoms. The maximum Gasteiger partial charge on any atom is 0.338 e. The number of pyridine rings is 1. The Labute approximate surface area is 374 Å². The summed E-state index contributed by atoms with van der Waals surface area (Å²) in [5, 5.41) is 5.27. The number of hydrogen-bond acceptors (Lipinski definition) is 9. The lowest BCUT2D eigenvalue weighted by Gasteiger charge is -2.42. The Morgan fingerprint density at radius 2 is 1.84 bits per heavy atom. The fraction of sp³-hybridized carbons (Fsp3) is 0.480. The molecule has 2 unspecified atom stereocenters. The van der Waals surface area contributed by atoms with E-state index in [2.05, 4.69) is 61.5 Å². The number of fused-ring (bicyclic) bond motifs is 8. The maximum atomic E-state index is 14.7. The van der Waals surface area contributed by atoms with E-state index < -0.39 is 53.4 Å². The molecule has 4 aliphatic rings. The van der Waals surface area contributed by atoms with Crippen LogP contribution in [0, 0.1) is 17.3 Å². The number of aryl methyl sites for hydroxylation is 1. The first kappa shape index (κ1) is 44.7. The first-order valence-corrected chi connectivity index (χ1v) is 22.5. The minimum Gasteiger partial charge on any atom is -0.463 e. The van der Waals surface area contributed by atoms with Crippen LogP contribution in [0.2, 0.25) is 0 Å². The number of methoxy groups -OCH3 is 1. The van der Waals surface area contributed by atoms with Gasteiger partial charge in [0.1, 0.15) is 18.2 Å². The molecule has 0 radical (unpaired) electrons. The fourth-order valence-electron chi connectivity index (χ4n) is 10.5. The third kappa shape index (κ3) is 8.10. The van der Waals surface area contributed by atoms with Crippen LogP contribution < -0.4 is 5.32 Å². The summed E-state index contributed by atoms with van der Waals surface area (Å²) in [5.41, 5.74) is 7.10. The summed E-state index contributed by atoms with van der Waals surface area (Å²) in [6.07, 6.45) is 2.94. The van der Waals surface area contributed by atoms with Gasteiger partial charge in [0.05, 0.1) is 23.9 Å². The number of cyclic esters (lactones) is 1. The molecular weight excluding hydrogens is 813 g/mol. The van der Waals surface area contributed by atoms with Gasteiger partial charge >= 0.3 is 5.97 Å². The number of hydrogen-bond donors (Lipinski definition) is 1. The number of hydroxylamine groups is 2. The highest BCUT2D eigenvalue weighted by molar-refractivity contribution is 5.97. The number of rotatable bonds is 8. The average Bonchev–Trinajstić information content (AvgIpc) is 3.92. The Bertz CT molecular complexity index is 2490. The molecule has 64 heavy (non-hydrogen) atoms. The fourth-order valence-corrected chi connectivity index (χ4v) is 10.5. The van der Waals surface area contributed by atoms with E-state index in [1.807, 2.05) is 44.2 Å². The van der Waals surface area contributed by atoms with Gasteiger partial charge in [-0.25, -0.2) is 9.86 Å². The first-order chi connectivity index (χ1) is 30.7. The van der Waals surface area contributed by atoms with Crippen LogP contribution in [0.4, 0.5) is 0 Å². The normalized spacial score (nSPS) is 23.5. The van der Waals surface area contributed by atoms with Crippen molar-refractivity contribution < 1.29 is 38.3 Å². The van der Waals surface area contributed by atoms with Crippen molar-refractivity contribution in [1.29, 1.82) is 0 Å². The molecule has 1 N–H and O–H groups in total. The Balaban J connectivity index is 1.19. The number of likely N-dealkylation sites (N-methyl/N-ethyl adjacent to an activating group) is 1. The molecule has 2 aromatic heterocycles. The highest BCUT2D eigenvalue weighted by Gasteiger charge is 2.48. The van der Waals surface area contributed by atoms with E-state index in [1.54, 1.807) is 25.3 Å². The highest BCUT2D eigenvalue weighted by atomic mass is 16.7. The third-order valence-electron chi connectivity index (χ3n) is 13.7. The molecule has 2 saturated heterocycles. The monoisotopic (exact) mass is 872 g/mol. The number of aromatic nitrogens is 2. The van der Waals surface area contributed by atoms with Crippen molar-refractivity contribution in [3.63, 3.8) is 0 Å². The van der Waals surface area contributed by atoms with Gasteiger partial charge in [-0.2, -0.15) is 0 Å². The summed E-state index contributed by atoms with van der Waals surface area (Å²) in [6.45, 7) is 15.2. The summed E-state index contributed by atoms with van der Waals surface area (Å²) in [5.74, 6) is -3.15. The number of carbonyl (C=O) groups excluding carboxylic acids is 5. The van der Waals surface area contributed by atoms with Crippen molar-refractivity contribution in [2.45, 2.75) is 97.1 Å². The number of benzene rings is 2. The Kier molecular flexibility index (Phi) is 12.6. The predicted molar refractivity (Wildman–Crippen MR) is 241 cm³/mol. The van der Waals surface area contributed by atoms with Gasteiger partial charge in [0.15, 0.2) is 6.10 Å². The van der Waals surface area contributed by atoms with Crippen LogP contribution in [0.25, 0.3) is 33.3 Å². The molecule has 1 aliphatic carbocycles. The van der Waals surface area contributed by atoms with Crippen molar-refractivity contribution in [1.82, 2.24) is 29.7 Å². The number of carbonyl (C=O) groups is 5. The summed E-state index contributed by atoms with van der Waals surface area (Å²) in [4.78, 5) is 83.4. The number of ether oxygens (including phenoxy) is 2. The van der Waals surface area contributed by atoms with Crippen molar-refractivity contribution >= 4 is 40.5 Å². The van der Waals surface area contributed by atoms with E-state index in [9.17, 15) is 24.0 Å². The standard InChI is InChI=1S/C50H60N6O8/c1-9-39(57)54-23-20-33(27-54)47(59)53(7)43(29(3)4)46(58)52-36-25-30-14-11-15-31(24-30)32-18-19-37-35(26-32)40-41(45(62-8)42-34(16-12-21-51-42)44(40)55(37)10-2)50(5,6)28-63-49(61)38-17-13-22-56(64-38)48(36)60/h9,11-12,14-16,18-19,21,24,26,29,33,36,38,41,43,45H,1,10,13,17,20,22-23,25,27-28H2,2-8H3,(H,52,58)/t33-,36?,38-,41?,43-,45-/m0/s1. The number of esters is 1. The quantitative estimate of drug-likeness (QED) is 0.161. The highest BCUT2D eigenvalue weighted by Crippen LogP contribution is 2.57. The SMILES string of the molecule is C=CC(=O)N1CC[C@H](C(=O)N(C)[C@H](C(=O)NC2Cc3cccc(c3)-c3ccc4c(c3)c3c(n4CC)-c4cccnc4[C@@H](OC)C3C(C)(C)COC(=O)[C@@H]3CCCN(O3)C2=O)C(C)C)C1. The zero-order valence-corrected chi connectivity index (χ0v) is 38.0. The van der Waals surface area contributed by atoms with E-state index in [1.165, 1.54) is 16.0 Å². The van der Waals surface area contributed by atoms with E-state index >= 15 is 0 Å². The van der Waals surface area contributed by atoms with Gasteiger partial charge in [-0.3, -0.25) is 29.0 Å². The summed E-state index contributed by atoms with van der Waals surface area (Å²) >= 11 is 0. The molecule has 6 atom stereocenters. The van der Waals surface area contributed by atoms with E-state index in [0.29, 0.717) is 32.4 Å². The van der Waals surface area contributed by atoms with Gasteiger partial charge in [-0.15, -0.1) is 0 Å².